The molecule has 0 aliphatic carbocycles. The number of hydrogen-bond acceptors (Lipinski definition) is 13. The quantitative estimate of drug-likeness (QED) is 0.0418. The minimum atomic E-state index is -1.64. The van der Waals surface area contributed by atoms with E-state index in [2.05, 4.69) is 31.9 Å². The van der Waals surface area contributed by atoms with Crippen LogP contribution < -0.4 is 49.1 Å². The van der Waals surface area contributed by atoms with Gasteiger partial charge in [-0.1, -0.05) is 30.3 Å². The molecule has 8 atom stereocenters. The lowest BCUT2D eigenvalue weighted by Crippen LogP contribution is -2.61. The Morgan fingerprint density at radius 1 is 0.661 bits per heavy atom. The Kier molecular flexibility index (Phi) is 21.7. The normalized spacial score (nSPS) is 15.2. The summed E-state index contributed by atoms with van der Waals surface area (Å²) in [5, 5.41) is 43.1. The van der Waals surface area contributed by atoms with Gasteiger partial charge in [0.05, 0.1) is 12.7 Å². The molecule has 0 heterocycles. The smallest absolute Gasteiger partial charge is 0.326 e. The van der Waals surface area contributed by atoms with Crippen molar-refractivity contribution in [3.8, 4) is 0 Å². The predicted molar refractivity (Wildman–Crippen MR) is 202 cm³/mol. The van der Waals surface area contributed by atoms with Gasteiger partial charge in [0.2, 0.25) is 47.3 Å². The van der Waals surface area contributed by atoms with Crippen molar-refractivity contribution >= 4 is 65.0 Å². The zero-order chi connectivity index (χ0) is 42.5. The maximum atomic E-state index is 13.7. The number of carbonyl (C=O) groups excluding carboxylic acids is 8. The number of aliphatic carboxylic acids is 1. The van der Waals surface area contributed by atoms with Crippen LogP contribution >= 0.6 is 11.8 Å². The van der Waals surface area contributed by atoms with E-state index < -0.39 is 115 Å². The number of rotatable bonds is 26. The van der Waals surface area contributed by atoms with Crippen LogP contribution in [0.1, 0.15) is 51.5 Å². The number of primary amides is 2. The zero-order valence-corrected chi connectivity index (χ0v) is 32.1. The van der Waals surface area contributed by atoms with E-state index in [4.69, 9.17) is 22.3 Å². The predicted octanol–water partition coefficient (Wildman–Crippen LogP) is -4.77. The topological polar surface area (TPSA) is 365 Å². The van der Waals surface area contributed by atoms with Crippen LogP contribution in [0.25, 0.3) is 0 Å². The average molecular weight is 812 g/mol. The maximum Gasteiger partial charge on any atom is 0.326 e. The van der Waals surface area contributed by atoms with E-state index in [0.717, 1.165) is 0 Å². The molecule has 0 aliphatic rings. The van der Waals surface area contributed by atoms with E-state index in [0.29, 0.717) is 11.3 Å². The first-order valence-corrected chi connectivity index (χ1v) is 18.9. The first-order chi connectivity index (χ1) is 26.3. The molecule has 56 heavy (non-hydrogen) atoms. The number of carboxylic acids is 1. The molecular weight excluding hydrogens is 758 g/mol. The van der Waals surface area contributed by atoms with Crippen LogP contribution in [-0.2, 0) is 49.6 Å². The first-order valence-electron chi connectivity index (χ1n) is 17.5. The summed E-state index contributed by atoms with van der Waals surface area (Å²) in [7, 11) is 0. The van der Waals surface area contributed by atoms with Gasteiger partial charge in [-0.3, -0.25) is 38.4 Å². The fourth-order valence-electron chi connectivity index (χ4n) is 4.89. The third-order valence-electron chi connectivity index (χ3n) is 8.11. The van der Waals surface area contributed by atoms with Gasteiger partial charge in [0.15, 0.2) is 0 Å². The van der Waals surface area contributed by atoms with Crippen molar-refractivity contribution in [3.63, 3.8) is 0 Å². The summed E-state index contributed by atoms with van der Waals surface area (Å²) in [6.07, 6.45) is -1.16. The van der Waals surface area contributed by atoms with Gasteiger partial charge in [-0.15, -0.1) is 0 Å². The molecule has 1 aromatic carbocycles. The number of thioether (sulfide) groups is 1. The van der Waals surface area contributed by atoms with Crippen LogP contribution in [0.3, 0.4) is 0 Å². The van der Waals surface area contributed by atoms with Gasteiger partial charge in [-0.25, -0.2) is 4.79 Å². The Morgan fingerprint density at radius 3 is 1.66 bits per heavy atom. The second-order valence-electron chi connectivity index (χ2n) is 12.8. The molecule has 0 saturated heterocycles. The van der Waals surface area contributed by atoms with Gasteiger partial charge >= 0.3 is 5.97 Å². The van der Waals surface area contributed by atoms with Crippen LogP contribution in [-0.4, -0.2) is 136 Å². The number of hydrogen-bond donors (Lipinski definition) is 12. The third kappa shape index (κ3) is 17.9. The highest BCUT2D eigenvalue weighted by Gasteiger charge is 2.34. The molecule has 0 saturated carbocycles. The summed E-state index contributed by atoms with van der Waals surface area (Å²) in [4.78, 5) is 114. The second-order valence-corrected chi connectivity index (χ2v) is 13.8. The minimum Gasteiger partial charge on any atom is -0.480 e. The fourth-order valence-corrected chi connectivity index (χ4v) is 5.37. The number of nitrogens with two attached hydrogens (primary N) is 3. The Bertz CT molecular complexity index is 1530. The number of carbonyl (C=O) groups is 9. The summed E-state index contributed by atoms with van der Waals surface area (Å²) in [5.41, 5.74) is 16.4. The summed E-state index contributed by atoms with van der Waals surface area (Å²) in [5.74, 6) is -8.26. The Labute approximate surface area is 327 Å². The monoisotopic (exact) mass is 811 g/mol. The highest BCUT2D eigenvalue weighted by molar-refractivity contribution is 7.98. The van der Waals surface area contributed by atoms with Crippen molar-refractivity contribution < 1.29 is 58.5 Å². The van der Waals surface area contributed by atoms with Crippen molar-refractivity contribution in [1.29, 1.82) is 0 Å². The molecule has 0 aromatic heterocycles. The third-order valence-corrected chi connectivity index (χ3v) is 8.76. The molecule has 0 bridgehead atoms. The molecule has 15 N–H and O–H groups in total. The summed E-state index contributed by atoms with van der Waals surface area (Å²) >= 11 is 1.34. The van der Waals surface area contributed by atoms with Crippen molar-refractivity contribution in [2.45, 2.75) is 101 Å². The molecule has 21 nitrogen and oxygen atoms in total. The van der Waals surface area contributed by atoms with Crippen molar-refractivity contribution in [1.82, 2.24) is 31.9 Å². The lowest BCUT2D eigenvalue weighted by atomic mass is 10.0. The SMILES string of the molecule is CSCC[C@H](NC(=O)[C@H](C)NC(=O)[C@H](CCC(N)=O)NC(=O)[C@@H](NC(=O)[C@@H](N)CO)[C@@H](C)O)C(=O)N[C@@H](Cc1ccccc1)C(=O)N[C@@H](CCC(N)=O)C(=O)O. The molecule has 0 spiro atoms. The number of carboxylic acid groups (broad SMARTS) is 1. The molecule has 22 heteroatoms. The van der Waals surface area contributed by atoms with E-state index in [1.165, 1.54) is 25.6 Å². The molecule has 0 unspecified atom stereocenters. The Morgan fingerprint density at radius 2 is 1.14 bits per heavy atom. The van der Waals surface area contributed by atoms with Gasteiger partial charge in [-0.05, 0) is 50.7 Å². The van der Waals surface area contributed by atoms with Crippen LogP contribution in [0.15, 0.2) is 30.3 Å². The average Bonchev–Trinajstić information content (AvgIpc) is 3.14. The first kappa shape index (κ1) is 48.7. The van der Waals surface area contributed by atoms with E-state index in [9.17, 15) is 53.4 Å². The molecule has 0 aliphatic heterocycles. The standard InChI is InChI=1S/C34H53N9O12S/c1-17(38-30(50)21(9-11-25(36)46)40-33(53)27(18(2)45)43-29(49)20(35)16-44)28(48)39-22(13-14-56-3)31(51)42-24(15-19-7-5-4-6-8-19)32(52)41-23(34(54)55)10-12-26(37)47/h4-8,17-18,20-24,27,44-45H,9-16,35H2,1-3H3,(H2,36,46)(H2,37,47)(H,38,50)(H,39,48)(H,40,53)(H,41,52)(H,42,51)(H,43,49)(H,54,55)/t17-,18+,20-,21-,22-,23-,24-,27-/m0/s1. The van der Waals surface area contributed by atoms with E-state index in [-0.39, 0.29) is 32.1 Å². The summed E-state index contributed by atoms with van der Waals surface area (Å²) in [6, 6.07) is -1.57. The van der Waals surface area contributed by atoms with Gasteiger partial charge in [0, 0.05) is 19.3 Å². The van der Waals surface area contributed by atoms with Crippen molar-refractivity contribution in [2.24, 2.45) is 17.2 Å². The molecule has 1 rings (SSSR count). The number of aliphatic hydroxyl groups is 2. The number of amides is 8. The molecule has 8 amide bonds. The van der Waals surface area contributed by atoms with Crippen LogP contribution in [0.2, 0.25) is 0 Å². The number of nitrogens with one attached hydrogen (secondary N) is 6. The summed E-state index contributed by atoms with van der Waals surface area (Å²) in [6.45, 7) is 1.67. The Hall–Kier alpha value is -5.32. The fraction of sp³-hybridized carbons (Fsp3) is 0.559. The van der Waals surface area contributed by atoms with Crippen LogP contribution in [0.5, 0.6) is 0 Å². The largest absolute Gasteiger partial charge is 0.480 e. The highest BCUT2D eigenvalue weighted by atomic mass is 32.2. The van der Waals surface area contributed by atoms with Gasteiger partial charge < -0.3 is 64.4 Å². The lowest BCUT2D eigenvalue weighted by molar-refractivity contribution is -0.142. The Balaban J connectivity index is 3.22. The molecule has 0 fully saturated rings. The van der Waals surface area contributed by atoms with Crippen molar-refractivity contribution in [3.05, 3.63) is 35.9 Å². The van der Waals surface area contributed by atoms with E-state index >= 15 is 0 Å². The maximum absolute atomic E-state index is 13.7. The zero-order valence-electron chi connectivity index (χ0n) is 31.3. The van der Waals surface area contributed by atoms with E-state index in [1.807, 2.05) is 0 Å². The van der Waals surface area contributed by atoms with Crippen LogP contribution in [0.4, 0.5) is 0 Å². The van der Waals surface area contributed by atoms with E-state index in [1.54, 1.807) is 36.6 Å². The summed E-state index contributed by atoms with van der Waals surface area (Å²) < 4.78 is 0. The van der Waals surface area contributed by atoms with Crippen molar-refractivity contribution in [2.75, 3.05) is 18.6 Å². The number of aliphatic hydroxyl groups excluding tert-OH is 2. The molecular formula is C34H53N9O12S. The highest BCUT2D eigenvalue weighted by Crippen LogP contribution is 2.09. The van der Waals surface area contributed by atoms with Gasteiger partial charge in [0.1, 0.15) is 42.3 Å². The molecule has 1 aromatic rings. The van der Waals surface area contributed by atoms with Crippen LogP contribution in [0, 0.1) is 0 Å². The molecule has 0 radical (unpaired) electrons. The number of benzene rings is 1. The van der Waals surface area contributed by atoms with Gasteiger partial charge in [0.25, 0.3) is 0 Å². The second kappa shape index (κ2) is 25.0. The molecule has 312 valence electrons. The van der Waals surface area contributed by atoms with Gasteiger partial charge in [-0.2, -0.15) is 11.8 Å². The minimum absolute atomic E-state index is 0.0547. The lowest BCUT2D eigenvalue weighted by Gasteiger charge is -2.27.